The topological polar surface area (TPSA) is 47.6 Å². The monoisotopic (exact) mass is 286 g/mol. The molecule has 0 aliphatic heterocycles. The number of rotatable bonds is 4. The van der Waals surface area contributed by atoms with E-state index in [1.54, 1.807) is 7.11 Å². The van der Waals surface area contributed by atoms with E-state index in [2.05, 4.69) is 17.1 Å². The molecule has 2 aromatic carbocycles. The summed E-state index contributed by atoms with van der Waals surface area (Å²) in [6, 6.07) is 18.0. The first-order valence-electron chi connectivity index (χ1n) is 6.30. The fraction of sp³-hybridized carbons (Fsp3) is 0.188. The lowest BCUT2D eigenvalue weighted by Crippen LogP contribution is -2.09. The molecule has 0 amide bonds. The van der Waals surface area contributed by atoms with Crippen molar-refractivity contribution in [2.75, 3.05) is 13.4 Å². The van der Waals surface area contributed by atoms with E-state index >= 15 is 0 Å². The summed E-state index contributed by atoms with van der Waals surface area (Å²) >= 11 is 1.45. The number of benzene rings is 2. The first-order valence-corrected chi connectivity index (χ1v) is 7.53. The molecule has 0 radical (unpaired) electrons. The molecule has 20 heavy (non-hydrogen) atoms. The maximum atomic E-state index is 5.89. The van der Waals surface area contributed by atoms with Gasteiger partial charge in [0.2, 0.25) is 0 Å². The third-order valence-electron chi connectivity index (χ3n) is 3.01. The minimum Gasteiger partial charge on any atom is -0.497 e. The van der Waals surface area contributed by atoms with Crippen molar-refractivity contribution < 1.29 is 4.74 Å². The minimum absolute atomic E-state index is 0.0884. The number of methoxy groups -OCH3 is 1. The van der Waals surface area contributed by atoms with Gasteiger partial charge in [0, 0.05) is 0 Å². The van der Waals surface area contributed by atoms with Crippen LogP contribution in [0.3, 0.4) is 0 Å². The fourth-order valence-electron chi connectivity index (χ4n) is 1.94. The molecular weight excluding hydrogens is 268 g/mol. The lowest BCUT2D eigenvalue weighted by atomic mass is 9.99. The Kier molecular flexibility index (Phi) is 5.07. The Balaban J connectivity index is 2.40. The smallest absolute Gasteiger partial charge is 0.154 e. The van der Waals surface area contributed by atoms with Crippen molar-refractivity contribution in [1.29, 1.82) is 0 Å². The summed E-state index contributed by atoms with van der Waals surface area (Å²) in [4.78, 5) is 4.61. The van der Waals surface area contributed by atoms with Crippen LogP contribution in [0.25, 0.3) is 0 Å². The standard InChI is InChI=1S/C16H18N2OS/c1-19-14-10-8-13(9-11-14)15(18-16(17)20-2)12-6-4-3-5-7-12/h3-11,15H,1-2H3,(H2,17,18)/t15-/m0/s1. The Hall–Kier alpha value is -1.94. The first kappa shape index (κ1) is 14.5. The molecule has 0 saturated heterocycles. The molecule has 0 aliphatic carbocycles. The zero-order valence-corrected chi connectivity index (χ0v) is 12.4. The van der Waals surface area contributed by atoms with Gasteiger partial charge in [-0.25, -0.2) is 4.99 Å². The Morgan fingerprint density at radius 2 is 1.65 bits per heavy atom. The summed E-state index contributed by atoms with van der Waals surface area (Å²) in [5, 5.41) is 0.578. The summed E-state index contributed by atoms with van der Waals surface area (Å²) in [6.45, 7) is 0. The van der Waals surface area contributed by atoms with Gasteiger partial charge in [0.1, 0.15) is 11.8 Å². The van der Waals surface area contributed by atoms with E-state index in [-0.39, 0.29) is 6.04 Å². The third kappa shape index (κ3) is 3.54. The average molecular weight is 286 g/mol. The van der Waals surface area contributed by atoms with Gasteiger partial charge in [-0.2, -0.15) is 0 Å². The van der Waals surface area contributed by atoms with Gasteiger partial charge in [0.15, 0.2) is 5.17 Å². The predicted molar refractivity (Wildman–Crippen MR) is 86.4 cm³/mol. The van der Waals surface area contributed by atoms with Crippen molar-refractivity contribution in [3.63, 3.8) is 0 Å². The molecule has 0 aliphatic rings. The molecule has 4 heteroatoms. The van der Waals surface area contributed by atoms with Crippen molar-refractivity contribution in [2.24, 2.45) is 10.7 Å². The van der Waals surface area contributed by atoms with Crippen LogP contribution in [0.5, 0.6) is 5.75 Å². The largest absolute Gasteiger partial charge is 0.497 e. The van der Waals surface area contributed by atoms with Gasteiger partial charge >= 0.3 is 0 Å². The van der Waals surface area contributed by atoms with Crippen LogP contribution < -0.4 is 10.5 Å². The highest BCUT2D eigenvalue weighted by molar-refractivity contribution is 8.13. The summed E-state index contributed by atoms with van der Waals surface area (Å²) in [5.41, 5.74) is 8.10. The molecule has 0 unspecified atom stereocenters. The maximum Gasteiger partial charge on any atom is 0.154 e. The van der Waals surface area contributed by atoms with Crippen LogP contribution in [-0.2, 0) is 0 Å². The average Bonchev–Trinajstić information content (AvgIpc) is 2.53. The van der Waals surface area contributed by atoms with Crippen LogP contribution >= 0.6 is 11.8 Å². The Bertz CT molecular complexity index is 567. The third-order valence-corrected chi connectivity index (χ3v) is 3.54. The molecule has 2 rings (SSSR count). The zero-order chi connectivity index (χ0) is 14.4. The van der Waals surface area contributed by atoms with Crippen molar-refractivity contribution in [3.05, 3.63) is 65.7 Å². The van der Waals surface area contributed by atoms with Crippen LogP contribution in [0.15, 0.2) is 59.6 Å². The van der Waals surface area contributed by atoms with Gasteiger partial charge in [-0.1, -0.05) is 54.2 Å². The minimum atomic E-state index is -0.0884. The number of hydrogen-bond donors (Lipinski definition) is 1. The van der Waals surface area contributed by atoms with E-state index in [1.165, 1.54) is 11.8 Å². The molecule has 2 N–H and O–H groups in total. The van der Waals surface area contributed by atoms with Crippen molar-refractivity contribution in [3.8, 4) is 5.75 Å². The summed E-state index contributed by atoms with van der Waals surface area (Å²) in [7, 11) is 1.66. The number of ether oxygens (including phenoxy) is 1. The van der Waals surface area contributed by atoms with Crippen LogP contribution in [-0.4, -0.2) is 18.5 Å². The van der Waals surface area contributed by atoms with E-state index in [0.29, 0.717) is 5.17 Å². The van der Waals surface area contributed by atoms with Crippen LogP contribution in [0.2, 0.25) is 0 Å². The highest BCUT2D eigenvalue weighted by Gasteiger charge is 2.13. The van der Waals surface area contributed by atoms with Crippen LogP contribution in [0, 0.1) is 0 Å². The molecule has 104 valence electrons. The molecule has 3 nitrogen and oxygen atoms in total. The number of thioether (sulfide) groups is 1. The van der Waals surface area contributed by atoms with Crippen LogP contribution in [0.1, 0.15) is 17.2 Å². The highest BCUT2D eigenvalue weighted by Crippen LogP contribution is 2.28. The molecule has 1 atom stereocenters. The number of aliphatic imine (C=N–C) groups is 1. The molecule has 0 bridgehead atoms. The number of nitrogens with zero attached hydrogens (tertiary/aromatic N) is 1. The zero-order valence-electron chi connectivity index (χ0n) is 11.6. The lowest BCUT2D eigenvalue weighted by molar-refractivity contribution is 0.414. The molecule has 0 spiro atoms. The second kappa shape index (κ2) is 7.01. The van der Waals surface area contributed by atoms with Crippen LogP contribution in [0.4, 0.5) is 0 Å². The van der Waals surface area contributed by atoms with Crippen molar-refractivity contribution >= 4 is 16.9 Å². The number of amidine groups is 1. The van der Waals surface area contributed by atoms with Gasteiger partial charge < -0.3 is 10.5 Å². The Labute approximate surface area is 123 Å². The van der Waals surface area contributed by atoms with Crippen molar-refractivity contribution in [1.82, 2.24) is 0 Å². The highest BCUT2D eigenvalue weighted by atomic mass is 32.2. The van der Waals surface area contributed by atoms with E-state index in [4.69, 9.17) is 10.5 Å². The second-order valence-corrected chi connectivity index (χ2v) is 5.08. The quantitative estimate of drug-likeness (QED) is 0.691. The number of hydrogen-bond acceptors (Lipinski definition) is 3. The van der Waals surface area contributed by atoms with E-state index < -0.39 is 0 Å². The summed E-state index contributed by atoms with van der Waals surface area (Å²) in [6.07, 6.45) is 1.93. The fourth-order valence-corrected chi connectivity index (χ4v) is 2.15. The Morgan fingerprint density at radius 1 is 1.05 bits per heavy atom. The van der Waals surface area contributed by atoms with E-state index in [0.717, 1.165) is 16.9 Å². The van der Waals surface area contributed by atoms with Gasteiger partial charge in [-0.05, 0) is 29.5 Å². The summed E-state index contributed by atoms with van der Waals surface area (Å²) < 4.78 is 5.19. The number of nitrogens with two attached hydrogens (primary N) is 1. The molecular formula is C16H18N2OS. The normalized spacial score (nSPS) is 13.0. The van der Waals surface area contributed by atoms with E-state index in [1.807, 2.05) is 48.7 Å². The van der Waals surface area contributed by atoms with Crippen molar-refractivity contribution in [2.45, 2.75) is 6.04 Å². The second-order valence-electron chi connectivity index (χ2n) is 4.26. The molecule has 0 saturated carbocycles. The van der Waals surface area contributed by atoms with Gasteiger partial charge in [-0.15, -0.1) is 0 Å². The molecule has 0 heterocycles. The maximum absolute atomic E-state index is 5.89. The first-order chi connectivity index (χ1) is 9.74. The lowest BCUT2D eigenvalue weighted by Gasteiger charge is -2.15. The Morgan fingerprint density at radius 3 is 2.20 bits per heavy atom. The molecule has 0 fully saturated rings. The summed E-state index contributed by atoms with van der Waals surface area (Å²) in [5.74, 6) is 0.836. The van der Waals surface area contributed by atoms with Gasteiger partial charge in [-0.3, -0.25) is 0 Å². The molecule has 0 aromatic heterocycles. The van der Waals surface area contributed by atoms with E-state index in [9.17, 15) is 0 Å². The predicted octanol–water partition coefficient (Wildman–Crippen LogP) is 3.46. The van der Waals surface area contributed by atoms with Gasteiger partial charge in [0.25, 0.3) is 0 Å². The van der Waals surface area contributed by atoms with Gasteiger partial charge in [0.05, 0.1) is 7.11 Å². The SMILES string of the molecule is COc1ccc([C@@H](N=C(N)SC)c2ccccc2)cc1. The molecule has 2 aromatic rings.